The summed E-state index contributed by atoms with van der Waals surface area (Å²) in [7, 11) is 0. The smallest absolute Gasteiger partial charge is 0.0312 e. The molecule has 0 spiro atoms. The Labute approximate surface area is 98.4 Å². The first-order chi connectivity index (χ1) is 7.76. The van der Waals surface area contributed by atoms with E-state index in [-0.39, 0.29) is 6.04 Å². The van der Waals surface area contributed by atoms with Gasteiger partial charge in [-0.2, -0.15) is 0 Å². The second-order valence-electron chi connectivity index (χ2n) is 4.62. The van der Waals surface area contributed by atoms with Gasteiger partial charge in [0.15, 0.2) is 0 Å². The Balaban J connectivity index is 2.20. The lowest BCUT2D eigenvalue weighted by molar-refractivity contribution is 0.188. The van der Waals surface area contributed by atoms with Gasteiger partial charge >= 0.3 is 0 Å². The third-order valence-electron chi connectivity index (χ3n) is 3.76. The van der Waals surface area contributed by atoms with E-state index in [2.05, 4.69) is 43.0 Å². The highest BCUT2D eigenvalue weighted by Gasteiger charge is 2.26. The maximum Gasteiger partial charge on any atom is 0.0312 e. The van der Waals surface area contributed by atoms with Crippen LogP contribution in [-0.2, 0) is 6.42 Å². The first-order valence-electron chi connectivity index (χ1n) is 6.33. The van der Waals surface area contributed by atoms with Crippen LogP contribution in [0.15, 0.2) is 24.3 Å². The number of hydrogen-bond acceptors (Lipinski definition) is 2. The lowest BCUT2D eigenvalue weighted by atomic mass is 9.84. The zero-order valence-electron chi connectivity index (χ0n) is 10.3. The highest BCUT2D eigenvalue weighted by atomic mass is 15.1. The molecule has 2 atom stereocenters. The largest absolute Gasteiger partial charge is 0.324 e. The van der Waals surface area contributed by atoms with Gasteiger partial charge in [-0.15, -0.1) is 0 Å². The fourth-order valence-corrected chi connectivity index (χ4v) is 2.86. The van der Waals surface area contributed by atoms with E-state index in [0.29, 0.717) is 6.04 Å². The normalized spacial score (nSPS) is 24.5. The molecule has 0 radical (unpaired) electrons. The number of rotatable bonds is 3. The van der Waals surface area contributed by atoms with Gasteiger partial charge in [0.25, 0.3) is 0 Å². The fourth-order valence-electron chi connectivity index (χ4n) is 2.86. The molecule has 2 heteroatoms. The van der Waals surface area contributed by atoms with Crippen molar-refractivity contribution < 1.29 is 0 Å². The van der Waals surface area contributed by atoms with Crippen molar-refractivity contribution in [2.45, 2.75) is 38.8 Å². The summed E-state index contributed by atoms with van der Waals surface area (Å²) < 4.78 is 0. The number of benzene rings is 1. The molecule has 1 aromatic rings. The van der Waals surface area contributed by atoms with Crippen molar-refractivity contribution >= 4 is 0 Å². The van der Waals surface area contributed by atoms with Crippen LogP contribution >= 0.6 is 0 Å². The van der Waals surface area contributed by atoms with Crippen LogP contribution in [0, 0.1) is 0 Å². The molecule has 16 heavy (non-hydrogen) atoms. The molecule has 0 amide bonds. The molecule has 2 unspecified atom stereocenters. The first-order valence-corrected chi connectivity index (χ1v) is 6.33. The van der Waals surface area contributed by atoms with Crippen LogP contribution in [0.25, 0.3) is 0 Å². The topological polar surface area (TPSA) is 29.3 Å². The molecule has 1 aromatic carbocycles. The molecule has 0 bridgehead atoms. The zero-order chi connectivity index (χ0) is 11.5. The summed E-state index contributed by atoms with van der Waals surface area (Å²) in [6, 6.07) is 9.46. The number of likely N-dealkylation sites (N-methyl/N-ethyl adjacent to an activating group) is 1. The predicted octanol–water partition coefficient (Wildman–Crippen LogP) is 2.34. The lowest BCUT2D eigenvalue weighted by Crippen LogP contribution is -2.41. The van der Waals surface area contributed by atoms with Gasteiger partial charge in [-0.05, 0) is 37.1 Å². The molecule has 0 aliphatic heterocycles. The van der Waals surface area contributed by atoms with Crippen LogP contribution in [0.3, 0.4) is 0 Å². The first kappa shape index (κ1) is 11.6. The molecular weight excluding hydrogens is 196 g/mol. The maximum atomic E-state index is 6.26. The molecule has 2 rings (SSSR count). The minimum Gasteiger partial charge on any atom is -0.324 e. The third-order valence-corrected chi connectivity index (χ3v) is 3.76. The average Bonchev–Trinajstić information content (AvgIpc) is 2.31. The fraction of sp³-hybridized carbons (Fsp3) is 0.571. The quantitative estimate of drug-likeness (QED) is 0.844. The summed E-state index contributed by atoms with van der Waals surface area (Å²) in [4.78, 5) is 2.52. The van der Waals surface area contributed by atoms with Gasteiger partial charge in [0.1, 0.15) is 0 Å². The van der Waals surface area contributed by atoms with E-state index in [4.69, 9.17) is 5.73 Å². The molecule has 2 N–H and O–H groups in total. The number of nitrogens with two attached hydrogens (primary N) is 1. The van der Waals surface area contributed by atoms with Crippen LogP contribution in [-0.4, -0.2) is 24.0 Å². The SMILES string of the molecule is CCN(CC)C1Cc2ccccc2C(N)C1. The van der Waals surface area contributed by atoms with Crippen LogP contribution < -0.4 is 5.73 Å². The second-order valence-corrected chi connectivity index (χ2v) is 4.62. The summed E-state index contributed by atoms with van der Waals surface area (Å²) in [6.07, 6.45) is 2.25. The van der Waals surface area contributed by atoms with Gasteiger partial charge < -0.3 is 10.6 Å². The van der Waals surface area contributed by atoms with Crippen molar-refractivity contribution in [2.24, 2.45) is 5.73 Å². The Hall–Kier alpha value is -0.860. The molecule has 0 saturated heterocycles. The van der Waals surface area contributed by atoms with Crippen LogP contribution in [0.2, 0.25) is 0 Å². The van der Waals surface area contributed by atoms with Crippen molar-refractivity contribution in [1.29, 1.82) is 0 Å². The van der Waals surface area contributed by atoms with Crippen molar-refractivity contribution in [1.82, 2.24) is 4.90 Å². The van der Waals surface area contributed by atoms with Gasteiger partial charge in [0.2, 0.25) is 0 Å². The number of hydrogen-bond donors (Lipinski definition) is 1. The molecule has 0 fully saturated rings. The van der Waals surface area contributed by atoms with Gasteiger partial charge in [0.05, 0.1) is 0 Å². The monoisotopic (exact) mass is 218 g/mol. The number of fused-ring (bicyclic) bond motifs is 1. The molecule has 0 saturated carbocycles. The van der Waals surface area contributed by atoms with Gasteiger partial charge in [-0.3, -0.25) is 0 Å². The Morgan fingerprint density at radius 2 is 1.94 bits per heavy atom. The summed E-state index contributed by atoms with van der Waals surface area (Å²) in [5.41, 5.74) is 9.05. The van der Waals surface area contributed by atoms with Crippen LogP contribution in [0.4, 0.5) is 0 Å². The number of nitrogens with zero attached hydrogens (tertiary/aromatic N) is 1. The molecule has 88 valence electrons. The minimum atomic E-state index is 0.218. The minimum absolute atomic E-state index is 0.218. The van der Waals surface area contributed by atoms with E-state index in [0.717, 1.165) is 25.9 Å². The Morgan fingerprint density at radius 3 is 2.62 bits per heavy atom. The van der Waals surface area contributed by atoms with Crippen molar-refractivity contribution in [3.8, 4) is 0 Å². The lowest BCUT2D eigenvalue weighted by Gasteiger charge is -2.36. The van der Waals surface area contributed by atoms with Crippen molar-refractivity contribution in [3.05, 3.63) is 35.4 Å². The Bertz CT molecular complexity index is 344. The van der Waals surface area contributed by atoms with Gasteiger partial charge in [-0.25, -0.2) is 0 Å². The standard InChI is InChI=1S/C14H22N2/c1-3-16(4-2)12-9-11-7-5-6-8-13(11)14(15)10-12/h5-8,12,14H,3-4,9-10,15H2,1-2H3. The van der Waals surface area contributed by atoms with Gasteiger partial charge in [0, 0.05) is 12.1 Å². The summed E-state index contributed by atoms with van der Waals surface area (Å²) in [6.45, 7) is 6.71. The van der Waals surface area contributed by atoms with E-state index in [9.17, 15) is 0 Å². The molecule has 0 aromatic heterocycles. The molecular formula is C14H22N2. The third kappa shape index (κ3) is 2.13. The molecule has 1 aliphatic rings. The predicted molar refractivity (Wildman–Crippen MR) is 68.4 cm³/mol. The molecule has 2 nitrogen and oxygen atoms in total. The second kappa shape index (κ2) is 4.98. The van der Waals surface area contributed by atoms with Crippen molar-refractivity contribution in [2.75, 3.05) is 13.1 Å². The maximum absolute atomic E-state index is 6.26. The van der Waals surface area contributed by atoms with Crippen LogP contribution in [0.1, 0.15) is 37.4 Å². The van der Waals surface area contributed by atoms with Gasteiger partial charge in [-0.1, -0.05) is 38.1 Å². The van der Waals surface area contributed by atoms with E-state index in [1.807, 2.05) is 0 Å². The summed E-state index contributed by atoms with van der Waals surface area (Å²) >= 11 is 0. The zero-order valence-corrected chi connectivity index (χ0v) is 10.3. The average molecular weight is 218 g/mol. The van der Waals surface area contributed by atoms with E-state index >= 15 is 0 Å². The Kier molecular flexibility index (Phi) is 3.62. The van der Waals surface area contributed by atoms with E-state index in [1.54, 1.807) is 0 Å². The summed E-state index contributed by atoms with van der Waals surface area (Å²) in [5, 5.41) is 0. The van der Waals surface area contributed by atoms with E-state index in [1.165, 1.54) is 11.1 Å². The highest BCUT2D eigenvalue weighted by Crippen LogP contribution is 2.30. The van der Waals surface area contributed by atoms with E-state index < -0.39 is 0 Å². The van der Waals surface area contributed by atoms with Crippen molar-refractivity contribution in [3.63, 3.8) is 0 Å². The summed E-state index contributed by atoms with van der Waals surface area (Å²) in [5.74, 6) is 0. The Morgan fingerprint density at radius 1 is 1.25 bits per heavy atom. The highest BCUT2D eigenvalue weighted by molar-refractivity contribution is 5.33. The molecule has 0 heterocycles. The van der Waals surface area contributed by atoms with Crippen LogP contribution in [0.5, 0.6) is 0 Å². The molecule has 1 aliphatic carbocycles.